The van der Waals surface area contributed by atoms with Crippen LogP contribution in [0.5, 0.6) is 0 Å². The first-order chi connectivity index (χ1) is 14.1. The fourth-order valence-corrected chi connectivity index (χ4v) is 3.58. The molecule has 1 aromatic heterocycles. The van der Waals surface area contributed by atoms with Gasteiger partial charge in [0.05, 0.1) is 12.2 Å². The molecule has 1 saturated heterocycles. The van der Waals surface area contributed by atoms with Gasteiger partial charge in [-0.1, -0.05) is 30.3 Å². The molecule has 148 valence electrons. The molecule has 0 unspecified atom stereocenters. The van der Waals surface area contributed by atoms with E-state index >= 15 is 0 Å². The second-order valence-corrected chi connectivity index (χ2v) is 7.32. The Hall–Kier alpha value is -3.41. The van der Waals surface area contributed by atoms with Crippen LogP contribution in [-0.2, 0) is 11.3 Å². The summed E-state index contributed by atoms with van der Waals surface area (Å²) in [7, 11) is 0. The summed E-state index contributed by atoms with van der Waals surface area (Å²) in [5.41, 5.74) is 3.34. The highest BCUT2D eigenvalue weighted by Gasteiger charge is 2.20. The lowest BCUT2D eigenvalue weighted by atomic mass is 10.1. The number of piperidine rings is 1. The highest BCUT2D eigenvalue weighted by molar-refractivity contribution is 6.04. The van der Waals surface area contributed by atoms with Gasteiger partial charge in [0, 0.05) is 30.3 Å². The maximum atomic E-state index is 12.7. The second kappa shape index (κ2) is 8.31. The molecule has 0 radical (unpaired) electrons. The van der Waals surface area contributed by atoms with Crippen molar-refractivity contribution in [1.82, 2.24) is 9.78 Å². The summed E-state index contributed by atoms with van der Waals surface area (Å²) in [6.07, 6.45) is 2.55. The molecule has 1 aliphatic heterocycles. The van der Waals surface area contributed by atoms with Crippen LogP contribution in [0.4, 0.5) is 11.5 Å². The molecule has 4 rings (SSSR count). The zero-order valence-electron chi connectivity index (χ0n) is 16.5. The molecule has 6 nitrogen and oxygen atoms in total. The minimum atomic E-state index is -0.198. The first-order valence-electron chi connectivity index (χ1n) is 9.90. The third-order valence-corrected chi connectivity index (χ3v) is 5.08. The van der Waals surface area contributed by atoms with Crippen LogP contribution in [-0.4, -0.2) is 28.1 Å². The average molecular weight is 388 g/mol. The van der Waals surface area contributed by atoms with Gasteiger partial charge in [0.15, 0.2) is 0 Å². The van der Waals surface area contributed by atoms with Gasteiger partial charge in [-0.2, -0.15) is 5.10 Å². The number of hydrogen-bond donors (Lipinski definition) is 1. The van der Waals surface area contributed by atoms with Gasteiger partial charge in [-0.3, -0.25) is 9.59 Å². The highest BCUT2D eigenvalue weighted by atomic mass is 16.2. The Balaban J connectivity index is 1.47. The van der Waals surface area contributed by atoms with Crippen molar-refractivity contribution < 1.29 is 9.59 Å². The van der Waals surface area contributed by atoms with E-state index in [0.29, 0.717) is 24.3 Å². The minimum Gasteiger partial charge on any atom is -0.312 e. The Morgan fingerprint density at radius 2 is 1.83 bits per heavy atom. The maximum Gasteiger partial charge on any atom is 0.256 e. The quantitative estimate of drug-likeness (QED) is 0.718. The lowest BCUT2D eigenvalue weighted by Gasteiger charge is -2.26. The molecule has 29 heavy (non-hydrogen) atoms. The lowest BCUT2D eigenvalue weighted by molar-refractivity contribution is -0.119. The van der Waals surface area contributed by atoms with Gasteiger partial charge in [-0.25, -0.2) is 4.68 Å². The van der Waals surface area contributed by atoms with Crippen LogP contribution >= 0.6 is 0 Å². The summed E-state index contributed by atoms with van der Waals surface area (Å²) < 4.78 is 1.79. The van der Waals surface area contributed by atoms with Crippen molar-refractivity contribution >= 4 is 23.3 Å². The average Bonchev–Trinajstić information content (AvgIpc) is 3.08. The first kappa shape index (κ1) is 18.9. The summed E-state index contributed by atoms with van der Waals surface area (Å²) in [4.78, 5) is 26.6. The van der Waals surface area contributed by atoms with Crippen molar-refractivity contribution in [3.63, 3.8) is 0 Å². The summed E-state index contributed by atoms with van der Waals surface area (Å²) >= 11 is 0. The zero-order valence-corrected chi connectivity index (χ0v) is 16.5. The summed E-state index contributed by atoms with van der Waals surface area (Å²) in [6, 6.07) is 19.1. The molecule has 0 aliphatic carbocycles. The van der Waals surface area contributed by atoms with E-state index in [1.807, 2.05) is 55.5 Å². The molecule has 6 heteroatoms. The van der Waals surface area contributed by atoms with E-state index in [1.165, 1.54) is 0 Å². The predicted molar refractivity (Wildman–Crippen MR) is 113 cm³/mol. The van der Waals surface area contributed by atoms with E-state index in [-0.39, 0.29) is 11.8 Å². The predicted octanol–water partition coefficient (Wildman–Crippen LogP) is 4.01. The summed E-state index contributed by atoms with van der Waals surface area (Å²) in [5, 5.41) is 7.45. The van der Waals surface area contributed by atoms with Gasteiger partial charge in [-0.15, -0.1) is 0 Å². The largest absolute Gasteiger partial charge is 0.312 e. The summed E-state index contributed by atoms with van der Waals surface area (Å²) in [5.74, 6) is 0.608. The molecular formula is C23H24N4O2. The Morgan fingerprint density at radius 3 is 2.55 bits per heavy atom. The molecule has 0 atom stereocenters. The highest BCUT2D eigenvalue weighted by Crippen LogP contribution is 2.22. The molecular weight excluding hydrogens is 364 g/mol. The second-order valence-electron chi connectivity index (χ2n) is 7.32. The molecule has 2 aromatic carbocycles. The van der Waals surface area contributed by atoms with Crippen LogP contribution in [0, 0.1) is 6.92 Å². The van der Waals surface area contributed by atoms with Gasteiger partial charge < -0.3 is 10.2 Å². The fraction of sp³-hybridized carbons (Fsp3) is 0.261. The van der Waals surface area contributed by atoms with Crippen molar-refractivity contribution in [2.45, 2.75) is 32.7 Å². The number of carbonyl (C=O) groups is 2. The number of aromatic nitrogens is 2. The van der Waals surface area contributed by atoms with Gasteiger partial charge in [-0.05, 0) is 49.6 Å². The van der Waals surface area contributed by atoms with Gasteiger partial charge in [0.1, 0.15) is 5.82 Å². The standard InChI is InChI=1S/C23H24N4O2/c1-17-15-21(27(25-17)16-18-7-3-2-4-8-18)24-23(29)19-10-12-20(13-11-19)26-14-6-5-9-22(26)28/h2-4,7-8,10-13,15H,5-6,9,14,16H2,1H3,(H,24,29). The van der Waals surface area contributed by atoms with E-state index in [9.17, 15) is 9.59 Å². The summed E-state index contributed by atoms with van der Waals surface area (Å²) in [6.45, 7) is 3.23. The van der Waals surface area contributed by atoms with Crippen LogP contribution in [0.15, 0.2) is 60.7 Å². The topological polar surface area (TPSA) is 67.2 Å². The van der Waals surface area contributed by atoms with E-state index in [1.54, 1.807) is 21.7 Å². The molecule has 1 fully saturated rings. The van der Waals surface area contributed by atoms with Crippen molar-refractivity contribution in [1.29, 1.82) is 0 Å². The Bertz CT molecular complexity index is 1010. The maximum absolute atomic E-state index is 12.7. The number of nitrogens with one attached hydrogen (secondary N) is 1. The number of hydrogen-bond acceptors (Lipinski definition) is 3. The molecule has 0 saturated carbocycles. The van der Waals surface area contributed by atoms with E-state index in [4.69, 9.17) is 0 Å². The van der Waals surface area contributed by atoms with Crippen molar-refractivity contribution in [2.75, 3.05) is 16.8 Å². The van der Waals surface area contributed by atoms with Crippen LogP contribution < -0.4 is 10.2 Å². The molecule has 0 spiro atoms. The molecule has 2 amide bonds. The molecule has 2 heterocycles. The van der Waals surface area contributed by atoms with Crippen LogP contribution in [0.25, 0.3) is 0 Å². The Morgan fingerprint density at radius 1 is 1.07 bits per heavy atom. The lowest BCUT2D eigenvalue weighted by Crippen LogP contribution is -2.35. The number of aryl methyl sites for hydroxylation is 1. The van der Waals surface area contributed by atoms with Gasteiger partial charge in [0.2, 0.25) is 5.91 Å². The SMILES string of the molecule is Cc1cc(NC(=O)c2ccc(N3CCCCC3=O)cc2)n(Cc2ccccc2)n1. The van der Waals surface area contributed by atoms with Crippen LogP contribution in [0.2, 0.25) is 0 Å². The molecule has 0 bridgehead atoms. The first-order valence-corrected chi connectivity index (χ1v) is 9.90. The normalized spacial score (nSPS) is 14.1. The number of carbonyl (C=O) groups excluding carboxylic acids is 2. The van der Waals surface area contributed by atoms with Crippen molar-refractivity contribution in [3.8, 4) is 0 Å². The van der Waals surface area contributed by atoms with E-state index in [0.717, 1.165) is 36.3 Å². The van der Waals surface area contributed by atoms with Crippen molar-refractivity contribution in [2.24, 2.45) is 0 Å². The molecule has 1 N–H and O–H groups in total. The molecule has 1 aliphatic rings. The Labute approximate surface area is 170 Å². The zero-order chi connectivity index (χ0) is 20.2. The Kier molecular flexibility index (Phi) is 5.42. The monoisotopic (exact) mass is 388 g/mol. The van der Waals surface area contributed by atoms with E-state index < -0.39 is 0 Å². The van der Waals surface area contributed by atoms with Gasteiger partial charge in [0.25, 0.3) is 5.91 Å². The van der Waals surface area contributed by atoms with Crippen LogP contribution in [0.1, 0.15) is 40.9 Å². The minimum absolute atomic E-state index is 0.147. The van der Waals surface area contributed by atoms with Crippen molar-refractivity contribution in [3.05, 3.63) is 77.5 Å². The van der Waals surface area contributed by atoms with Gasteiger partial charge >= 0.3 is 0 Å². The van der Waals surface area contributed by atoms with E-state index in [2.05, 4.69) is 10.4 Å². The molecule has 3 aromatic rings. The number of anilines is 2. The number of benzene rings is 2. The fourth-order valence-electron chi connectivity index (χ4n) is 3.58. The third-order valence-electron chi connectivity index (χ3n) is 5.08. The smallest absolute Gasteiger partial charge is 0.256 e. The number of amides is 2. The third kappa shape index (κ3) is 4.37. The van der Waals surface area contributed by atoms with Crippen LogP contribution in [0.3, 0.4) is 0 Å². The number of nitrogens with zero attached hydrogens (tertiary/aromatic N) is 3. The number of rotatable bonds is 5.